The number of nitrogens with zero attached hydrogens (tertiary/aromatic N) is 2. The molecule has 3 rings (SSSR count). The summed E-state index contributed by atoms with van der Waals surface area (Å²) in [5, 5.41) is 3.41. The summed E-state index contributed by atoms with van der Waals surface area (Å²) in [6.45, 7) is 5.95. The molecule has 1 N–H and O–H groups in total. The number of hydrogen-bond donors (Lipinski definition) is 1. The lowest BCUT2D eigenvalue weighted by Crippen LogP contribution is -2.52. The lowest BCUT2D eigenvalue weighted by molar-refractivity contribution is 0.0588. The average Bonchev–Trinajstić information content (AvgIpc) is 3.09. The Morgan fingerprint density at radius 1 is 1.30 bits per heavy atom. The van der Waals surface area contributed by atoms with E-state index in [9.17, 15) is 4.79 Å². The first-order valence-corrected chi connectivity index (χ1v) is 8.34. The zero-order valence-electron chi connectivity index (χ0n) is 11.2. The van der Waals surface area contributed by atoms with E-state index in [-0.39, 0.29) is 18.3 Å². The number of nitrogens with one attached hydrogen (secondary N) is 1. The van der Waals surface area contributed by atoms with Gasteiger partial charge in [-0.25, -0.2) is 0 Å². The maximum absolute atomic E-state index is 12.3. The summed E-state index contributed by atoms with van der Waals surface area (Å²) in [7, 11) is 0. The topological polar surface area (TPSA) is 35.6 Å². The largest absolute Gasteiger partial charge is 0.335 e. The van der Waals surface area contributed by atoms with Crippen LogP contribution in [0.4, 0.5) is 0 Å². The minimum absolute atomic E-state index is 0. The molecule has 1 atom stereocenters. The molecule has 112 valence electrons. The van der Waals surface area contributed by atoms with Crippen LogP contribution >= 0.6 is 39.7 Å². The van der Waals surface area contributed by atoms with E-state index in [0.717, 1.165) is 47.9 Å². The van der Waals surface area contributed by atoms with Gasteiger partial charge < -0.3 is 10.2 Å². The van der Waals surface area contributed by atoms with Crippen molar-refractivity contribution >= 4 is 45.6 Å². The van der Waals surface area contributed by atoms with Crippen LogP contribution < -0.4 is 5.32 Å². The van der Waals surface area contributed by atoms with Crippen LogP contribution in [-0.2, 0) is 0 Å². The average molecular weight is 381 g/mol. The molecule has 2 aliphatic rings. The quantitative estimate of drug-likeness (QED) is 0.853. The third kappa shape index (κ3) is 3.54. The molecule has 1 aromatic rings. The van der Waals surface area contributed by atoms with Crippen LogP contribution in [0.15, 0.2) is 15.9 Å². The molecule has 2 aliphatic heterocycles. The SMILES string of the molecule is Cl.O=C(c1ccc(Br)s1)N1CCN(C2CCNC2)CC1. The molecule has 1 amide bonds. The summed E-state index contributed by atoms with van der Waals surface area (Å²) in [6, 6.07) is 4.52. The first-order valence-electron chi connectivity index (χ1n) is 6.73. The first kappa shape index (κ1) is 16.2. The van der Waals surface area contributed by atoms with E-state index in [1.807, 2.05) is 17.0 Å². The fourth-order valence-electron chi connectivity index (χ4n) is 2.83. The summed E-state index contributed by atoms with van der Waals surface area (Å²) in [6.07, 6.45) is 1.24. The Balaban J connectivity index is 0.00000147. The number of halogens is 2. The normalized spacial score (nSPS) is 23.6. The van der Waals surface area contributed by atoms with Crippen molar-refractivity contribution in [2.45, 2.75) is 12.5 Å². The van der Waals surface area contributed by atoms with Gasteiger partial charge in [0.1, 0.15) is 0 Å². The molecule has 2 saturated heterocycles. The fraction of sp³-hybridized carbons (Fsp3) is 0.615. The minimum Gasteiger partial charge on any atom is -0.335 e. The highest BCUT2D eigenvalue weighted by Crippen LogP contribution is 2.24. The molecule has 0 spiro atoms. The van der Waals surface area contributed by atoms with E-state index in [1.165, 1.54) is 17.8 Å². The zero-order valence-corrected chi connectivity index (χ0v) is 14.4. The van der Waals surface area contributed by atoms with Crippen LogP contribution in [0.2, 0.25) is 0 Å². The van der Waals surface area contributed by atoms with Crippen LogP contribution in [0.1, 0.15) is 16.1 Å². The Bertz CT molecular complexity index is 456. The summed E-state index contributed by atoms with van der Waals surface area (Å²) < 4.78 is 1.02. The minimum atomic E-state index is 0. The lowest BCUT2D eigenvalue weighted by atomic mass is 10.2. The molecular weight excluding hydrogens is 362 g/mol. The van der Waals surface area contributed by atoms with Crippen molar-refractivity contribution in [2.75, 3.05) is 39.3 Å². The van der Waals surface area contributed by atoms with Crippen LogP contribution in [0.5, 0.6) is 0 Å². The van der Waals surface area contributed by atoms with Crippen molar-refractivity contribution in [3.05, 3.63) is 20.8 Å². The van der Waals surface area contributed by atoms with Crippen LogP contribution in [0.3, 0.4) is 0 Å². The van der Waals surface area contributed by atoms with Crippen molar-refractivity contribution in [3.8, 4) is 0 Å². The Morgan fingerprint density at radius 3 is 2.60 bits per heavy atom. The second-order valence-corrected chi connectivity index (χ2v) is 7.54. The van der Waals surface area contributed by atoms with Gasteiger partial charge in [0.2, 0.25) is 0 Å². The number of thiophene rings is 1. The van der Waals surface area contributed by atoms with Gasteiger partial charge in [0.15, 0.2) is 0 Å². The molecule has 1 aromatic heterocycles. The lowest BCUT2D eigenvalue weighted by Gasteiger charge is -2.37. The van der Waals surface area contributed by atoms with Crippen molar-refractivity contribution < 1.29 is 4.79 Å². The van der Waals surface area contributed by atoms with E-state index >= 15 is 0 Å². The Morgan fingerprint density at radius 2 is 2.05 bits per heavy atom. The summed E-state index contributed by atoms with van der Waals surface area (Å²) in [5.41, 5.74) is 0. The fourth-order valence-corrected chi connectivity index (χ4v) is 4.18. The highest BCUT2D eigenvalue weighted by Gasteiger charge is 2.28. The Kier molecular flexibility index (Phi) is 5.86. The smallest absolute Gasteiger partial charge is 0.264 e. The van der Waals surface area contributed by atoms with Crippen LogP contribution in [-0.4, -0.2) is 61.0 Å². The third-order valence-corrected chi connectivity index (χ3v) is 5.55. The number of carbonyl (C=O) groups excluding carboxylic acids is 1. The van der Waals surface area contributed by atoms with Gasteiger partial charge in [-0.3, -0.25) is 9.69 Å². The maximum atomic E-state index is 12.3. The van der Waals surface area contributed by atoms with E-state index in [2.05, 4.69) is 26.1 Å². The van der Waals surface area contributed by atoms with E-state index in [1.54, 1.807) is 0 Å². The standard InChI is InChI=1S/C13H18BrN3OS.ClH/c14-12-2-1-11(19-12)13(18)17-7-5-16(6-8-17)10-3-4-15-9-10;/h1-2,10,15H,3-9H2;1H. The molecule has 7 heteroatoms. The molecule has 0 aromatic carbocycles. The van der Waals surface area contributed by atoms with E-state index in [4.69, 9.17) is 0 Å². The number of hydrogen-bond acceptors (Lipinski definition) is 4. The number of amides is 1. The number of rotatable bonds is 2. The highest BCUT2D eigenvalue weighted by atomic mass is 79.9. The summed E-state index contributed by atoms with van der Waals surface area (Å²) >= 11 is 4.93. The van der Waals surface area contributed by atoms with Crippen molar-refractivity contribution in [1.82, 2.24) is 15.1 Å². The number of carbonyl (C=O) groups is 1. The molecular formula is C13H19BrClN3OS. The predicted molar refractivity (Wildman–Crippen MR) is 88.0 cm³/mol. The highest BCUT2D eigenvalue weighted by molar-refractivity contribution is 9.11. The second kappa shape index (κ2) is 7.22. The third-order valence-electron chi connectivity index (χ3n) is 3.94. The van der Waals surface area contributed by atoms with Gasteiger partial charge in [0, 0.05) is 38.8 Å². The molecule has 3 heterocycles. The van der Waals surface area contributed by atoms with Gasteiger partial charge in [-0.1, -0.05) is 0 Å². The van der Waals surface area contributed by atoms with Gasteiger partial charge in [-0.05, 0) is 41.0 Å². The van der Waals surface area contributed by atoms with Crippen LogP contribution in [0, 0.1) is 0 Å². The predicted octanol–water partition coefficient (Wildman–Crippen LogP) is 2.05. The van der Waals surface area contributed by atoms with Gasteiger partial charge in [-0.2, -0.15) is 0 Å². The molecule has 0 bridgehead atoms. The van der Waals surface area contributed by atoms with E-state index in [0.29, 0.717) is 6.04 Å². The van der Waals surface area contributed by atoms with Gasteiger partial charge in [0.25, 0.3) is 5.91 Å². The Labute approximate surface area is 138 Å². The zero-order chi connectivity index (χ0) is 13.2. The maximum Gasteiger partial charge on any atom is 0.264 e. The molecule has 20 heavy (non-hydrogen) atoms. The summed E-state index contributed by atoms with van der Waals surface area (Å²) in [4.78, 5) is 17.7. The molecule has 2 fully saturated rings. The summed E-state index contributed by atoms with van der Waals surface area (Å²) in [5.74, 6) is 0.180. The van der Waals surface area contributed by atoms with Crippen molar-refractivity contribution in [2.24, 2.45) is 0 Å². The molecule has 0 saturated carbocycles. The molecule has 1 unspecified atom stereocenters. The van der Waals surface area contributed by atoms with Crippen molar-refractivity contribution in [3.63, 3.8) is 0 Å². The first-order chi connectivity index (χ1) is 9.24. The molecule has 0 aliphatic carbocycles. The van der Waals surface area contributed by atoms with Crippen molar-refractivity contribution in [1.29, 1.82) is 0 Å². The monoisotopic (exact) mass is 379 g/mol. The van der Waals surface area contributed by atoms with Gasteiger partial charge in [-0.15, -0.1) is 23.7 Å². The van der Waals surface area contributed by atoms with Crippen LogP contribution in [0.25, 0.3) is 0 Å². The van der Waals surface area contributed by atoms with Gasteiger partial charge >= 0.3 is 0 Å². The molecule has 4 nitrogen and oxygen atoms in total. The Hall–Kier alpha value is -0.140. The number of piperazine rings is 1. The van der Waals surface area contributed by atoms with Gasteiger partial charge in [0.05, 0.1) is 8.66 Å². The second-order valence-electron chi connectivity index (χ2n) is 5.08. The molecule has 0 radical (unpaired) electrons. The van der Waals surface area contributed by atoms with E-state index < -0.39 is 0 Å².